The van der Waals surface area contributed by atoms with Gasteiger partial charge in [0, 0.05) is 14.0 Å². The van der Waals surface area contributed by atoms with Gasteiger partial charge in [-0.05, 0) is 32.7 Å². The average Bonchev–Trinajstić information content (AvgIpc) is 2.68. The summed E-state index contributed by atoms with van der Waals surface area (Å²) in [6.07, 6.45) is 1.51. The first kappa shape index (κ1) is 26.3. The minimum Gasteiger partial charge on any atom is -0.394 e. The second-order valence-electron chi connectivity index (χ2n) is 6.40. The van der Waals surface area contributed by atoms with E-state index in [4.69, 9.17) is 10.8 Å². The molecular formula is C17H32N6O6. The smallest absolute Gasteiger partial charge is 0.244 e. The summed E-state index contributed by atoms with van der Waals surface area (Å²) in [6.45, 7) is 2.13. The van der Waals surface area contributed by atoms with Gasteiger partial charge in [0.2, 0.25) is 29.5 Å². The van der Waals surface area contributed by atoms with Crippen LogP contribution < -0.4 is 32.3 Å². The summed E-state index contributed by atoms with van der Waals surface area (Å²) in [7, 11) is 1.36. The highest BCUT2D eigenvalue weighted by molar-refractivity contribution is 5.94. The van der Waals surface area contributed by atoms with Gasteiger partial charge in [-0.15, -0.1) is 0 Å². The van der Waals surface area contributed by atoms with Crippen LogP contribution in [0.2, 0.25) is 0 Å². The van der Waals surface area contributed by atoms with E-state index in [1.165, 1.54) is 20.9 Å². The number of nitrogens with one attached hydrogen (secondary N) is 5. The second kappa shape index (κ2) is 14.3. The SMILES string of the molecule is CNC(=O)[C@H](CO)NC(=O)CNC(=O)[C@H](CCCCN)NC(=O)[C@H](C)NC(C)=O. The Morgan fingerprint density at radius 1 is 0.931 bits per heavy atom. The van der Waals surface area contributed by atoms with Crippen molar-refractivity contribution in [1.82, 2.24) is 26.6 Å². The van der Waals surface area contributed by atoms with Gasteiger partial charge in [-0.1, -0.05) is 0 Å². The fourth-order valence-electron chi connectivity index (χ4n) is 2.33. The number of hydrogen-bond acceptors (Lipinski definition) is 7. The molecule has 5 amide bonds. The maximum absolute atomic E-state index is 12.4. The maximum Gasteiger partial charge on any atom is 0.244 e. The molecule has 0 aliphatic carbocycles. The number of aliphatic hydroxyl groups excluding tert-OH is 1. The molecule has 0 aromatic heterocycles. The Morgan fingerprint density at radius 3 is 2.10 bits per heavy atom. The number of carbonyl (C=O) groups is 5. The Hall–Kier alpha value is -2.73. The average molecular weight is 416 g/mol. The van der Waals surface area contributed by atoms with Crippen LogP contribution in [0, 0.1) is 0 Å². The van der Waals surface area contributed by atoms with Crippen LogP contribution in [0.25, 0.3) is 0 Å². The highest BCUT2D eigenvalue weighted by Crippen LogP contribution is 2.02. The van der Waals surface area contributed by atoms with Crippen molar-refractivity contribution in [1.29, 1.82) is 0 Å². The van der Waals surface area contributed by atoms with E-state index in [0.717, 1.165) is 0 Å². The Labute approximate surface area is 169 Å². The van der Waals surface area contributed by atoms with Crippen molar-refractivity contribution in [2.75, 3.05) is 26.7 Å². The zero-order valence-electron chi connectivity index (χ0n) is 17.0. The molecule has 0 fully saturated rings. The monoisotopic (exact) mass is 416 g/mol. The molecule has 12 heteroatoms. The minimum absolute atomic E-state index is 0.292. The van der Waals surface area contributed by atoms with Crippen molar-refractivity contribution in [3.8, 4) is 0 Å². The van der Waals surface area contributed by atoms with Gasteiger partial charge in [0.25, 0.3) is 0 Å². The van der Waals surface area contributed by atoms with Gasteiger partial charge in [0.1, 0.15) is 18.1 Å². The van der Waals surface area contributed by atoms with Crippen LogP contribution in [0.3, 0.4) is 0 Å². The molecule has 0 rings (SSSR count). The number of carbonyl (C=O) groups excluding carboxylic acids is 5. The largest absolute Gasteiger partial charge is 0.394 e. The Morgan fingerprint density at radius 2 is 1.59 bits per heavy atom. The van der Waals surface area contributed by atoms with Gasteiger partial charge < -0.3 is 37.4 Å². The van der Waals surface area contributed by atoms with E-state index >= 15 is 0 Å². The van der Waals surface area contributed by atoms with Crippen LogP contribution >= 0.6 is 0 Å². The molecule has 0 unspecified atom stereocenters. The zero-order valence-corrected chi connectivity index (χ0v) is 17.0. The third-order valence-electron chi connectivity index (χ3n) is 3.90. The van der Waals surface area contributed by atoms with Crippen molar-refractivity contribution in [3.63, 3.8) is 0 Å². The van der Waals surface area contributed by atoms with Gasteiger partial charge >= 0.3 is 0 Å². The van der Waals surface area contributed by atoms with Crippen molar-refractivity contribution in [2.45, 2.75) is 51.2 Å². The Bertz CT molecular complexity index is 585. The lowest BCUT2D eigenvalue weighted by Crippen LogP contribution is -2.54. The number of unbranched alkanes of at least 4 members (excludes halogenated alkanes) is 1. The zero-order chi connectivity index (χ0) is 22.4. The summed E-state index contributed by atoms with van der Waals surface area (Å²) < 4.78 is 0. The number of nitrogens with two attached hydrogens (primary N) is 1. The van der Waals surface area contributed by atoms with E-state index < -0.39 is 54.9 Å². The molecule has 0 radical (unpaired) electrons. The van der Waals surface area contributed by atoms with Gasteiger partial charge in [0.05, 0.1) is 13.2 Å². The topological polar surface area (TPSA) is 192 Å². The first-order valence-electron chi connectivity index (χ1n) is 9.33. The predicted octanol–water partition coefficient (Wildman–Crippen LogP) is -3.54. The summed E-state index contributed by atoms with van der Waals surface area (Å²) in [5.41, 5.74) is 5.45. The van der Waals surface area contributed by atoms with Crippen molar-refractivity contribution >= 4 is 29.5 Å². The van der Waals surface area contributed by atoms with Crippen LogP contribution in [-0.2, 0) is 24.0 Å². The molecule has 0 aliphatic heterocycles. The number of amides is 5. The fourth-order valence-corrected chi connectivity index (χ4v) is 2.33. The Balaban J connectivity index is 4.81. The van der Waals surface area contributed by atoms with Gasteiger partial charge in [-0.2, -0.15) is 0 Å². The van der Waals surface area contributed by atoms with E-state index in [1.807, 2.05) is 0 Å². The summed E-state index contributed by atoms with van der Waals surface area (Å²) in [6, 6.07) is -2.90. The van der Waals surface area contributed by atoms with Crippen LogP contribution in [-0.4, -0.2) is 79.5 Å². The highest BCUT2D eigenvalue weighted by Gasteiger charge is 2.24. The lowest BCUT2D eigenvalue weighted by atomic mass is 10.1. The van der Waals surface area contributed by atoms with E-state index in [0.29, 0.717) is 25.8 Å². The normalized spacial score (nSPS) is 13.4. The standard InChI is InChI=1S/C17H32N6O6/c1-10(21-11(2)25)15(27)23-12(6-4-5-7-18)17(29)20-8-14(26)22-13(9-24)16(28)19-3/h10,12-13,24H,4-9,18H2,1-3H3,(H,19,28)(H,20,29)(H,21,25)(H,22,26)(H,23,27)/t10-,12-,13-/m0/s1. The summed E-state index contributed by atoms with van der Waals surface area (Å²) in [5, 5.41) is 21.0. The number of aliphatic hydroxyl groups is 1. The molecule has 166 valence electrons. The molecule has 0 aromatic carbocycles. The van der Waals surface area contributed by atoms with Gasteiger partial charge in [-0.25, -0.2) is 0 Å². The number of likely N-dealkylation sites (N-methyl/N-ethyl adjacent to an activating group) is 1. The lowest BCUT2D eigenvalue weighted by Gasteiger charge is -2.21. The van der Waals surface area contributed by atoms with Crippen LogP contribution in [0.4, 0.5) is 0 Å². The number of rotatable bonds is 13. The van der Waals surface area contributed by atoms with Crippen molar-refractivity contribution in [2.24, 2.45) is 5.73 Å². The summed E-state index contributed by atoms with van der Waals surface area (Å²) in [5.74, 6) is -2.78. The quantitative estimate of drug-likeness (QED) is 0.151. The van der Waals surface area contributed by atoms with Crippen molar-refractivity contribution in [3.05, 3.63) is 0 Å². The predicted molar refractivity (Wildman–Crippen MR) is 104 cm³/mol. The molecule has 12 nitrogen and oxygen atoms in total. The third kappa shape index (κ3) is 11.0. The van der Waals surface area contributed by atoms with Crippen LogP contribution in [0.15, 0.2) is 0 Å². The molecule has 0 bridgehead atoms. The first-order chi connectivity index (χ1) is 13.7. The van der Waals surface area contributed by atoms with E-state index in [2.05, 4.69) is 26.6 Å². The second-order valence-corrected chi connectivity index (χ2v) is 6.40. The van der Waals surface area contributed by atoms with Crippen LogP contribution in [0.5, 0.6) is 0 Å². The number of hydrogen-bond donors (Lipinski definition) is 7. The third-order valence-corrected chi connectivity index (χ3v) is 3.90. The molecule has 29 heavy (non-hydrogen) atoms. The minimum atomic E-state index is -1.14. The molecule has 3 atom stereocenters. The molecule has 8 N–H and O–H groups in total. The van der Waals surface area contributed by atoms with Gasteiger partial charge in [-0.3, -0.25) is 24.0 Å². The van der Waals surface area contributed by atoms with E-state index in [-0.39, 0.29) is 5.91 Å². The Kier molecular flexibility index (Phi) is 12.9. The molecule has 0 aliphatic rings. The van der Waals surface area contributed by atoms with Crippen LogP contribution in [0.1, 0.15) is 33.1 Å². The van der Waals surface area contributed by atoms with Gasteiger partial charge in [0.15, 0.2) is 0 Å². The maximum atomic E-state index is 12.4. The van der Waals surface area contributed by atoms with Crippen molar-refractivity contribution < 1.29 is 29.1 Å². The molecular weight excluding hydrogens is 384 g/mol. The summed E-state index contributed by atoms with van der Waals surface area (Å²) in [4.78, 5) is 59.0. The molecule has 0 spiro atoms. The molecule has 0 saturated heterocycles. The molecule has 0 aromatic rings. The first-order valence-corrected chi connectivity index (χ1v) is 9.33. The molecule has 0 saturated carbocycles. The lowest BCUT2D eigenvalue weighted by molar-refractivity contribution is -0.133. The van der Waals surface area contributed by atoms with E-state index in [1.54, 1.807) is 0 Å². The fraction of sp³-hybridized carbons (Fsp3) is 0.706. The molecule has 0 heterocycles. The summed E-state index contributed by atoms with van der Waals surface area (Å²) >= 11 is 0. The van der Waals surface area contributed by atoms with E-state index in [9.17, 15) is 24.0 Å². The highest BCUT2D eigenvalue weighted by atomic mass is 16.3.